The summed E-state index contributed by atoms with van der Waals surface area (Å²) in [6, 6.07) is -0.577. The fraction of sp³-hybridized carbons (Fsp3) is 0.880. The highest BCUT2D eigenvalue weighted by molar-refractivity contribution is 8.02. The number of aliphatic hydroxyl groups is 1. The Morgan fingerprint density at radius 3 is 2.48 bits per heavy atom. The van der Waals surface area contributed by atoms with Crippen molar-refractivity contribution >= 4 is 29.5 Å². The van der Waals surface area contributed by atoms with E-state index in [9.17, 15) is 19.5 Å². The molecule has 3 rings (SSSR count). The normalized spacial score (nSPS) is 31.1. The van der Waals surface area contributed by atoms with Gasteiger partial charge in [0.1, 0.15) is 6.04 Å². The summed E-state index contributed by atoms with van der Waals surface area (Å²) in [5, 5.41) is 15.6. The lowest BCUT2D eigenvalue weighted by molar-refractivity contribution is -0.140. The molecule has 0 saturated carbocycles. The first-order valence-electron chi connectivity index (χ1n) is 12.6. The van der Waals surface area contributed by atoms with Gasteiger partial charge in [-0.2, -0.15) is 0 Å². The van der Waals surface area contributed by atoms with E-state index in [0.29, 0.717) is 25.9 Å². The Morgan fingerprint density at radius 1 is 1.18 bits per heavy atom. The molecule has 33 heavy (non-hydrogen) atoms. The van der Waals surface area contributed by atoms with Crippen molar-refractivity contribution < 1.29 is 19.5 Å². The number of rotatable bonds is 10. The van der Waals surface area contributed by atoms with Gasteiger partial charge in [-0.1, -0.05) is 27.7 Å². The molecule has 3 amide bonds. The molecule has 3 aliphatic heterocycles. The van der Waals surface area contributed by atoms with Gasteiger partial charge in [0.2, 0.25) is 17.7 Å². The molecule has 8 heteroatoms. The van der Waals surface area contributed by atoms with E-state index in [0.717, 1.165) is 25.7 Å². The Bertz CT molecular complexity index is 765. The summed E-state index contributed by atoms with van der Waals surface area (Å²) in [6.45, 7) is 13.7. The molecule has 3 fully saturated rings. The maximum Gasteiger partial charge on any atom is 0.244 e. The molecule has 0 aromatic carbocycles. The van der Waals surface area contributed by atoms with Gasteiger partial charge in [-0.15, -0.1) is 11.8 Å². The molecule has 0 aromatic rings. The smallest absolute Gasteiger partial charge is 0.244 e. The summed E-state index contributed by atoms with van der Waals surface area (Å²) in [6.07, 6.45) is 4.53. The van der Waals surface area contributed by atoms with Crippen molar-refractivity contribution in [3.63, 3.8) is 0 Å². The lowest BCUT2D eigenvalue weighted by Gasteiger charge is -2.38. The van der Waals surface area contributed by atoms with Crippen molar-refractivity contribution in [3.8, 4) is 0 Å². The van der Waals surface area contributed by atoms with Gasteiger partial charge < -0.3 is 20.6 Å². The standard InChI is InChI=1S/C25H43N3O4S/c1-7-12-26-20(30)17-16-10-11-25(33-16)18(17)22(32)28(13-8-9-14-29)19(25)21(31)27-24(5,6)15-23(2,3)4/h16-19,29H,7-15H2,1-6H3,(H,26,30)(H,27,31)/t16-,17+,18+,19?,25?/m1/s1. The molecule has 3 aliphatic rings. The van der Waals surface area contributed by atoms with Crippen LogP contribution in [-0.2, 0) is 14.4 Å². The van der Waals surface area contributed by atoms with Crippen molar-refractivity contribution in [1.29, 1.82) is 0 Å². The number of amides is 3. The number of hydrogen-bond acceptors (Lipinski definition) is 5. The van der Waals surface area contributed by atoms with Gasteiger partial charge in [0.05, 0.1) is 16.6 Å². The van der Waals surface area contributed by atoms with E-state index in [4.69, 9.17) is 0 Å². The largest absolute Gasteiger partial charge is 0.396 e. The third kappa shape index (κ3) is 5.21. The van der Waals surface area contributed by atoms with Crippen molar-refractivity contribution in [2.75, 3.05) is 19.7 Å². The average molecular weight is 482 g/mol. The van der Waals surface area contributed by atoms with Crippen molar-refractivity contribution in [1.82, 2.24) is 15.5 Å². The second-order valence-corrected chi connectivity index (χ2v) is 13.5. The molecular formula is C25H43N3O4S. The number of carbonyl (C=O) groups is 3. The average Bonchev–Trinajstić information content (AvgIpc) is 3.31. The van der Waals surface area contributed by atoms with Crippen LogP contribution in [0.1, 0.15) is 80.1 Å². The zero-order chi connectivity index (χ0) is 24.6. The van der Waals surface area contributed by atoms with Crippen LogP contribution in [0.5, 0.6) is 0 Å². The topological polar surface area (TPSA) is 98.7 Å². The molecular weight excluding hydrogens is 438 g/mol. The highest BCUT2D eigenvalue weighted by atomic mass is 32.2. The summed E-state index contributed by atoms with van der Waals surface area (Å²) in [7, 11) is 0. The molecule has 0 radical (unpaired) electrons. The summed E-state index contributed by atoms with van der Waals surface area (Å²) in [5.41, 5.74) is -0.365. The second-order valence-electron chi connectivity index (χ2n) is 11.9. The molecule has 3 N–H and O–H groups in total. The van der Waals surface area contributed by atoms with Crippen LogP contribution in [0.4, 0.5) is 0 Å². The number of unbranched alkanes of at least 4 members (excludes halogenated alkanes) is 1. The van der Waals surface area contributed by atoms with E-state index in [2.05, 4.69) is 31.4 Å². The fourth-order valence-electron chi connectivity index (χ4n) is 6.53. The lowest BCUT2D eigenvalue weighted by Crippen LogP contribution is -2.58. The van der Waals surface area contributed by atoms with Crippen molar-refractivity contribution in [2.45, 2.75) is 102 Å². The molecule has 0 aromatic heterocycles. The molecule has 2 bridgehead atoms. The van der Waals surface area contributed by atoms with E-state index < -0.39 is 22.2 Å². The molecule has 188 valence electrons. The number of aliphatic hydroxyl groups excluding tert-OH is 1. The Labute approximate surface area is 203 Å². The Hall–Kier alpha value is -1.28. The predicted octanol–water partition coefficient (Wildman–Crippen LogP) is 2.71. The van der Waals surface area contributed by atoms with Crippen LogP contribution in [0.15, 0.2) is 0 Å². The van der Waals surface area contributed by atoms with Gasteiger partial charge in [-0.25, -0.2) is 0 Å². The lowest BCUT2D eigenvalue weighted by atomic mass is 9.70. The van der Waals surface area contributed by atoms with Crippen molar-refractivity contribution in [2.24, 2.45) is 17.3 Å². The number of nitrogens with one attached hydrogen (secondary N) is 2. The van der Waals surface area contributed by atoms with Crippen LogP contribution in [-0.4, -0.2) is 69.0 Å². The second kappa shape index (κ2) is 9.76. The van der Waals surface area contributed by atoms with Gasteiger partial charge in [-0.05, 0) is 57.8 Å². The first kappa shape index (κ1) is 26.3. The summed E-state index contributed by atoms with van der Waals surface area (Å²) < 4.78 is -0.545. The van der Waals surface area contributed by atoms with Crippen LogP contribution in [0.3, 0.4) is 0 Å². The number of hydrogen-bond donors (Lipinski definition) is 3. The molecule has 1 spiro atoms. The SMILES string of the molecule is CCCNC(=O)[C@@H]1[C@H]2C(=O)N(CCCCO)C(C(=O)NC(C)(C)CC(C)(C)C)C23CC[C@H]1S3. The van der Waals surface area contributed by atoms with Gasteiger partial charge in [-0.3, -0.25) is 14.4 Å². The van der Waals surface area contributed by atoms with Gasteiger partial charge >= 0.3 is 0 Å². The van der Waals surface area contributed by atoms with Crippen LogP contribution in [0.2, 0.25) is 0 Å². The minimum absolute atomic E-state index is 0.0429. The molecule has 3 heterocycles. The van der Waals surface area contributed by atoms with Gasteiger partial charge in [0.15, 0.2) is 0 Å². The first-order valence-corrected chi connectivity index (χ1v) is 13.4. The highest BCUT2D eigenvalue weighted by Crippen LogP contribution is 2.66. The maximum absolute atomic E-state index is 13.8. The third-order valence-electron chi connectivity index (χ3n) is 7.14. The highest BCUT2D eigenvalue weighted by Gasteiger charge is 2.73. The van der Waals surface area contributed by atoms with Crippen LogP contribution in [0.25, 0.3) is 0 Å². The van der Waals surface area contributed by atoms with E-state index in [-0.39, 0.29) is 40.9 Å². The number of thioether (sulfide) groups is 1. The van der Waals surface area contributed by atoms with Crippen LogP contribution >= 0.6 is 11.8 Å². The zero-order valence-electron chi connectivity index (χ0n) is 21.2. The van der Waals surface area contributed by atoms with E-state index >= 15 is 0 Å². The molecule has 5 atom stereocenters. The Balaban J connectivity index is 1.91. The molecule has 2 unspecified atom stereocenters. The van der Waals surface area contributed by atoms with Gasteiger partial charge in [0.25, 0.3) is 0 Å². The Morgan fingerprint density at radius 2 is 1.88 bits per heavy atom. The van der Waals surface area contributed by atoms with Crippen LogP contribution in [0, 0.1) is 17.3 Å². The first-order chi connectivity index (χ1) is 15.4. The summed E-state index contributed by atoms with van der Waals surface area (Å²) in [4.78, 5) is 42.4. The van der Waals surface area contributed by atoms with E-state index in [1.807, 2.05) is 20.8 Å². The summed E-state index contributed by atoms with van der Waals surface area (Å²) in [5.74, 6) is -1.03. The maximum atomic E-state index is 13.8. The summed E-state index contributed by atoms with van der Waals surface area (Å²) >= 11 is 1.71. The molecule has 0 aliphatic carbocycles. The monoisotopic (exact) mass is 481 g/mol. The van der Waals surface area contributed by atoms with E-state index in [1.54, 1.807) is 16.7 Å². The number of nitrogens with zero attached hydrogens (tertiary/aromatic N) is 1. The van der Waals surface area contributed by atoms with Gasteiger partial charge in [0, 0.05) is 30.5 Å². The quantitative estimate of drug-likeness (QED) is 0.417. The fourth-order valence-corrected chi connectivity index (χ4v) is 8.75. The number of fused-ring (bicyclic) bond motifs is 1. The van der Waals surface area contributed by atoms with E-state index in [1.165, 1.54) is 0 Å². The number of carbonyl (C=O) groups excluding carboxylic acids is 3. The zero-order valence-corrected chi connectivity index (χ0v) is 22.0. The minimum Gasteiger partial charge on any atom is -0.396 e. The predicted molar refractivity (Wildman–Crippen MR) is 132 cm³/mol. The van der Waals surface area contributed by atoms with Crippen molar-refractivity contribution in [3.05, 3.63) is 0 Å². The number of likely N-dealkylation sites (tertiary alicyclic amines) is 1. The molecule has 3 saturated heterocycles. The minimum atomic E-state index is -0.577. The van der Waals surface area contributed by atoms with Crippen LogP contribution < -0.4 is 10.6 Å². The Kier molecular flexibility index (Phi) is 7.79. The molecule has 7 nitrogen and oxygen atoms in total. The third-order valence-corrected chi connectivity index (χ3v) is 9.09.